The van der Waals surface area contributed by atoms with E-state index < -0.39 is 4.92 Å². The maximum atomic E-state index is 11.2. The first-order valence-corrected chi connectivity index (χ1v) is 10.7. The second-order valence-corrected chi connectivity index (χ2v) is 7.92. The molecule has 2 aromatic heterocycles. The average Bonchev–Trinajstić information content (AvgIpc) is 3.28. The largest absolute Gasteiger partial charge is 0.359 e. The Morgan fingerprint density at radius 2 is 1.88 bits per heavy atom. The molecule has 4 rings (SSSR count). The number of para-hydroxylation sites is 1. The molecule has 0 aliphatic carbocycles. The lowest BCUT2D eigenvalue weighted by Crippen LogP contribution is -2.47. The number of piperazine rings is 1. The van der Waals surface area contributed by atoms with Gasteiger partial charge in [-0.1, -0.05) is 17.3 Å². The van der Waals surface area contributed by atoms with Crippen LogP contribution in [0.4, 0.5) is 11.6 Å². The molecule has 0 amide bonds. The molecule has 0 bridgehead atoms. The molecule has 0 atom stereocenters. The molecule has 0 unspecified atom stereocenters. The van der Waals surface area contributed by atoms with Crippen LogP contribution in [0, 0.1) is 10.1 Å². The number of anilines is 1. The number of nitrogens with zero attached hydrogens (tertiary/aromatic N) is 7. The van der Waals surface area contributed by atoms with Gasteiger partial charge >= 0.3 is 0 Å². The molecule has 1 aliphatic rings. The fourth-order valence-corrected chi connectivity index (χ4v) is 3.90. The minimum absolute atomic E-state index is 0.0274. The SMILES string of the molecule is CN(CCCN1CCN(c2ncccn2)CC1)Cc1cc(-c2ccccc2[N+](=O)[O-])no1. The van der Waals surface area contributed by atoms with Crippen molar-refractivity contribution in [2.24, 2.45) is 0 Å². The van der Waals surface area contributed by atoms with Crippen molar-refractivity contribution in [2.75, 3.05) is 51.2 Å². The highest BCUT2D eigenvalue weighted by Crippen LogP contribution is 2.29. The topological polar surface area (TPSA) is 105 Å². The van der Waals surface area contributed by atoms with Crippen LogP contribution in [0.2, 0.25) is 0 Å². The van der Waals surface area contributed by atoms with Gasteiger partial charge in [-0.2, -0.15) is 0 Å². The molecule has 1 aromatic carbocycles. The zero-order valence-electron chi connectivity index (χ0n) is 18.1. The Labute approximate surface area is 186 Å². The molecule has 168 valence electrons. The van der Waals surface area contributed by atoms with Crippen LogP contribution in [0.3, 0.4) is 0 Å². The Hall–Kier alpha value is -3.37. The van der Waals surface area contributed by atoms with E-state index in [4.69, 9.17) is 4.52 Å². The molecule has 0 spiro atoms. The van der Waals surface area contributed by atoms with Crippen LogP contribution in [-0.4, -0.2) is 76.2 Å². The van der Waals surface area contributed by atoms with Crippen LogP contribution < -0.4 is 4.90 Å². The highest BCUT2D eigenvalue weighted by Gasteiger charge is 2.20. The molecular formula is C22H27N7O3. The van der Waals surface area contributed by atoms with Gasteiger partial charge in [0.15, 0.2) is 5.76 Å². The van der Waals surface area contributed by atoms with Crippen molar-refractivity contribution >= 4 is 11.6 Å². The van der Waals surface area contributed by atoms with E-state index in [9.17, 15) is 10.1 Å². The van der Waals surface area contributed by atoms with Gasteiger partial charge in [0.2, 0.25) is 5.95 Å². The smallest absolute Gasteiger partial charge is 0.278 e. The van der Waals surface area contributed by atoms with E-state index in [1.807, 2.05) is 13.1 Å². The second kappa shape index (κ2) is 10.3. The summed E-state index contributed by atoms with van der Waals surface area (Å²) < 4.78 is 5.43. The second-order valence-electron chi connectivity index (χ2n) is 7.92. The maximum Gasteiger partial charge on any atom is 0.278 e. The number of hydrogen-bond donors (Lipinski definition) is 0. The third-order valence-corrected chi connectivity index (χ3v) is 5.58. The number of aromatic nitrogens is 3. The monoisotopic (exact) mass is 437 g/mol. The van der Waals surface area contributed by atoms with Crippen LogP contribution in [0.1, 0.15) is 12.2 Å². The molecule has 0 radical (unpaired) electrons. The fourth-order valence-electron chi connectivity index (χ4n) is 3.90. The van der Waals surface area contributed by atoms with Gasteiger partial charge in [0.1, 0.15) is 5.69 Å². The highest BCUT2D eigenvalue weighted by molar-refractivity contribution is 5.70. The zero-order valence-corrected chi connectivity index (χ0v) is 18.1. The summed E-state index contributed by atoms with van der Waals surface area (Å²) >= 11 is 0. The summed E-state index contributed by atoms with van der Waals surface area (Å²) in [5, 5.41) is 15.3. The van der Waals surface area contributed by atoms with Gasteiger partial charge in [0.25, 0.3) is 5.69 Å². The molecule has 32 heavy (non-hydrogen) atoms. The lowest BCUT2D eigenvalue weighted by molar-refractivity contribution is -0.384. The Kier molecular flexibility index (Phi) is 7.03. The first-order chi connectivity index (χ1) is 15.6. The fraction of sp³-hybridized carbons (Fsp3) is 0.409. The molecular weight excluding hydrogens is 410 g/mol. The summed E-state index contributed by atoms with van der Waals surface area (Å²) in [4.78, 5) is 26.4. The third kappa shape index (κ3) is 5.45. The number of hydrogen-bond acceptors (Lipinski definition) is 9. The van der Waals surface area contributed by atoms with Crippen molar-refractivity contribution in [1.82, 2.24) is 24.9 Å². The van der Waals surface area contributed by atoms with Crippen molar-refractivity contribution in [3.63, 3.8) is 0 Å². The third-order valence-electron chi connectivity index (χ3n) is 5.58. The van der Waals surface area contributed by atoms with Crippen molar-refractivity contribution in [2.45, 2.75) is 13.0 Å². The van der Waals surface area contributed by atoms with Crippen molar-refractivity contribution < 1.29 is 9.45 Å². The van der Waals surface area contributed by atoms with E-state index in [2.05, 4.69) is 29.8 Å². The number of benzene rings is 1. The minimum atomic E-state index is -0.400. The molecule has 3 aromatic rings. The van der Waals surface area contributed by atoms with Crippen LogP contribution in [0.25, 0.3) is 11.3 Å². The van der Waals surface area contributed by atoms with E-state index in [0.717, 1.165) is 51.6 Å². The average molecular weight is 438 g/mol. The van der Waals surface area contributed by atoms with E-state index in [1.165, 1.54) is 6.07 Å². The van der Waals surface area contributed by atoms with Crippen LogP contribution in [-0.2, 0) is 6.54 Å². The molecule has 1 saturated heterocycles. The van der Waals surface area contributed by atoms with Gasteiger partial charge in [0.05, 0.1) is 17.0 Å². The van der Waals surface area contributed by atoms with Gasteiger partial charge in [-0.25, -0.2) is 9.97 Å². The predicted molar refractivity (Wildman–Crippen MR) is 120 cm³/mol. The lowest BCUT2D eigenvalue weighted by Gasteiger charge is -2.34. The molecule has 0 saturated carbocycles. The van der Waals surface area contributed by atoms with Crippen molar-refractivity contribution in [3.05, 3.63) is 64.7 Å². The summed E-state index contributed by atoms with van der Waals surface area (Å²) in [5.74, 6) is 1.50. The van der Waals surface area contributed by atoms with Crippen molar-refractivity contribution in [3.8, 4) is 11.3 Å². The summed E-state index contributed by atoms with van der Waals surface area (Å²) in [6, 6.07) is 10.2. The Bertz CT molecular complexity index is 1020. The van der Waals surface area contributed by atoms with Gasteiger partial charge in [0, 0.05) is 50.7 Å². The van der Waals surface area contributed by atoms with Gasteiger partial charge < -0.3 is 9.42 Å². The summed E-state index contributed by atoms with van der Waals surface area (Å²) in [5.41, 5.74) is 0.982. The van der Waals surface area contributed by atoms with Gasteiger partial charge in [-0.15, -0.1) is 0 Å². The van der Waals surface area contributed by atoms with Crippen LogP contribution in [0.15, 0.2) is 53.3 Å². The van der Waals surface area contributed by atoms with E-state index in [-0.39, 0.29) is 5.69 Å². The van der Waals surface area contributed by atoms with E-state index in [0.29, 0.717) is 23.6 Å². The Morgan fingerprint density at radius 3 is 2.62 bits per heavy atom. The van der Waals surface area contributed by atoms with E-state index >= 15 is 0 Å². The quantitative estimate of drug-likeness (QED) is 0.369. The standard InChI is InChI=1S/C22H27N7O3/c1-26(10-5-11-27-12-14-28(15-13-27)22-23-8-4-9-24-22)17-18-16-20(25-32-18)19-6-2-3-7-21(19)29(30)31/h2-4,6-9,16H,5,10-15,17H2,1H3. The normalized spacial score (nSPS) is 14.8. The predicted octanol–water partition coefficient (Wildman–Crippen LogP) is 2.68. The molecule has 1 fully saturated rings. The molecule has 3 heterocycles. The van der Waals surface area contributed by atoms with Crippen LogP contribution >= 0.6 is 0 Å². The maximum absolute atomic E-state index is 11.2. The minimum Gasteiger partial charge on any atom is -0.359 e. The molecule has 1 aliphatic heterocycles. The van der Waals surface area contributed by atoms with E-state index in [1.54, 1.807) is 36.7 Å². The van der Waals surface area contributed by atoms with Gasteiger partial charge in [-0.05, 0) is 38.7 Å². The van der Waals surface area contributed by atoms with Crippen LogP contribution in [0.5, 0.6) is 0 Å². The Balaban J connectivity index is 1.21. The molecule has 10 heteroatoms. The molecule has 0 N–H and O–H groups in total. The first-order valence-electron chi connectivity index (χ1n) is 10.7. The summed E-state index contributed by atoms with van der Waals surface area (Å²) in [6.07, 6.45) is 4.61. The van der Waals surface area contributed by atoms with Crippen molar-refractivity contribution in [1.29, 1.82) is 0 Å². The lowest BCUT2D eigenvalue weighted by atomic mass is 10.1. The zero-order chi connectivity index (χ0) is 22.3. The number of rotatable bonds is 9. The highest BCUT2D eigenvalue weighted by atomic mass is 16.6. The molecule has 10 nitrogen and oxygen atoms in total. The Morgan fingerprint density at radius 1 is 1.12 bits per heavy atom. The summed E-state index contributed by atoms with van der Waals surface area (Å²) in [7, 11) is 2.04. The first kappa shape index (κ1) is 21.8. The van der Waals surface area contributed by atoms with Gasteiger partial charge in [-0.3, -0.25) is 19.9 Å². The number of nitro groups is 1. The number of nitro benzene ring substituents is 1. The summed E-state index contributed by atoms with van der Waals surface area (Å²) in [6.45, 7) is 6.44.